The molecule has 5 nitrogen and oxygen atoms in total. The van der Waals surface area contributed by atoms with Crippen LogP contribution in [0.4, 0.5) is 9.52 Å². The Morgan fingerprint density at radius 1 is 1.16 bits per heavy atom. The highest BCUT2D eigenvalue weighted by atomic mass is 35.5. The zero-order chi connectivity index (χ0) is 22.2. The molecule has 1 aromatic heterocycles. The molecule has 1 amide bonds. The van der Waals surface area contributed by atoms with E-state index in [-0.39, 0.29) is 15.9 Å². The average molecular weight is 500 g/mol. The average Bonchev–Trinajstić information content (AvgIpc) is 3.19. The largest absolute Gasteiger partial charge is 0.490 e. The van der Waals surface area contributed by atoms with Crippen LogP contribution in [0.3, 0.4) is 0 Å². The van der Waals surface area contributed by atoms with Crippen molar-refractivity contribution in [3.8, 4) is 5.75 Å². The minimum atomic E-state index is -0.396. The quantitative estimate of drug-likeness (QED) is 0.183. The highest BCUT2D eigenvalue weighted by Gasteiger charge is 2.16. The van der Waals surface area contributed by atoms with E-state index < -0.39 is 5.91 Å². The summed E-state index contributed by atoms with van der Waals surface area (Å²) >= 11 is 15.2. The van der Waals surface area contributed by atoms with Gasteiger partial charge >= 0.3 is 0 Å². The van der Waals surface area contributed by atoms with Gasteiger partial charge in [0.15, 0.2) is 10.1 Å². The Labute approximate surface area is 198 Å². The van der Waals surface area contributed by atoms with Gasteiger partial charge in [-0.15, -0.1) is 10.2 Å². The lowest BCUT2D eigenvalue weighted by molar-refractivity contribution is 0.102. The van der Waals surface area contributed by atoms with Gasteiger partial charge in [-0.1, -0.05) is 78.2 Å². The first-order valence-corrected chi connectivity index (χ1v) is 12.2. The van der Waals surface area contributed by atoms with E-state index in [1.54, 1.807) is 12.1 Å². The van der Waals surface area contributed by atoms with Gasteiger partial charge in [-0.25, -0.2) is 4.39 Å². The van der Waals surface area contributed by atoms with Crippen molar-refractivity contribution in [1.29, 1.82) is 0 Å². The zero-order valence-corrected chi connectivity index (χ0v) is 19.8. The maximum Gasteiger partial charge on any atom is 0.257 e. The van der Waals surface area contributed by atoms with E-state index in [9.17, 15) is 9.18 Å². The van der Waals surface area contributed by atoms with Gasteiger partial charge in [-0.3, -0.25) is 10.1 Å². The van der Waals surface area contributed by atoms with Crippen molar-refractivity contribution in [2.45, 2.75) is 36.3 Å². The van der Waals surface area contributed by atoms with Gasteiger partial charge < -0.3 is 4.74 Å². The standard InChI is InChI=1S/C21H20Cl2FN3O2S2/c1-2-3-4-9-29-18-16(22)10-14(11-17(18)23)19(28)25-20-26-27-21(31-20)30-12-13-5-7-15(24)8-6-13/h5-8,10-11H,2-4,9,12H2,1H3,(H,25,26,28). The molecule has 0 atom stereocenters. The first-order chi connectivity index (χ1) is 15.0. The molecule has 0 radical (unpaired) electrons. The van der Waals surface area contributed by atoms with Gasteiger partial charge in [0.25, 0.3) is 5.91 Å². The van der Waals surface area contributed by atoms with Crippen LogP contribution in [-0.2, 0) is 5.75 Å². The SMILES string of the molecule is CCCCCOc1c(Cl)cc(C(=O)Nc2nnc(SCc3ccc(F)cc3)s2)cc1Cl. The number of thioether (sulfide) groups is 1. The fraction of sp³-hybridized carbons (Fsp3) is 0.286. The number of hydrogen-bond donors (Lipinski definition) is 1. The molecular weight excluding hydrogens is 480 g/mol. The molecule has 164 valence electrons. The predicted octanol–water partition coefficient (Wildman–Crippen LogP) is 7.10. The van der Waals surface area contributed by atoms with E-state index in [2.05, 4.69) is 22.4 Å². The van der Waals surface area contributed by atoms with Crippen molar-refractivity contribution in [3.63, 3.8) is 0 Å². The number of aromatic nitrogens is 2. The Bertz CT molecular complexity index is 1010. The van der Waals surface area contributed by atoms with Crippen LogP contribution in [0.1, 0.15) is 42.1 Å². The van der Waals surface area contributed by atoms with E-state index in [4.69, 9.17) is 27.9 Å². The van der Waals surface area contributed by atoms with E-state index in [1.165, 1.54) is 47.4 Å². The van der Waals surface area contributed by atoms with Gasteiger partial charge in [-0.05, 0) is 36.2 Å². The first-order valence-electron chi connectivity index (χ1n) is 9.60. The molecule has 0 bridgehead atoms. The highest BCUT2D eigenvalue weighted by molar-refractivity contribution is 8.00. The number of nitrogens with one attached hydrogen (secondary N) is 1. The topological polar surface area (TPSA) is 64.1 Å². The lowest BCUT2D eigenvalue weighted by Crippen LogP contribution is -2.12. The van der Waals surface area contributed by atoms with Crippen molar-refractivity contribution in [1.82, 2.24) is 10.2 Å². The summed E-state index contributed by atoms with van der Waals surface area (Å²) in [6, 6.07) is 9.30. The minimum absolute atomic E-state index is 0.272. The van der Waals surface area contributed by atoms with Crippen molar-refractivity contribution in [2.24, 2.45) is 0 Å². The smallest absolute Gasteiger partial charge is 0.257 e. The summed E-state index contributed by atoms with van der Waals surface area (Å²) in [6.07, 6.45) is 3.05. The molecule has 0 saturated heterocycles. The van der Waals surface area contributed by atoms with Crippen LogP contribution in [0, 0.1) is 5.82 Å². The molecule has 31 heavy (non-hydrogen) atoms. The Hall–Kier alpha value is -1.87. The van der Waals surface area contributed by atoms with Crippen LogP contribution in [0.25, 0.3) is 0 Å². The fourth-order valence-electron chi connectivity index (χ4n) is 2.57. The molecular formula is C21H20Cl2FN3O2S2. The number of amides is 1. The molecule has 0 aliphatic rings. The molecule has 1 heterocycles. The lowest BCUT2D eigenvalue weighted by Gasteiger charge is -2.11. The number of unbranched alkanes of at least 4 members (excludes halogenated alkanes) is 2. The molecule has 0 saturated carbocycles. The van der Waals surface area contributed by atoms with E-state index in [0.29, 0.717) is 33.1 Å². The minimum Gasteiger partial charge on any atom is -0.490 e. The van der Waals surface area contributed by atoms with Gasteiger partial charge in [0.05, 0.1) is 16.7 Å². The van der Waals surface area contributed by atoms with E-state index >= 15 is 0 Å². The van der Waals surface area contributed by atoms with Crippen LogP contribution in [-0.4, -0.2) is 22.7 Å². The maximum absolute atomic E-state index is 13.0. The molecule has 0 fully saturated rings. The Balaban J connectivity index is 1.58. The lowest BCUT2D eigenvalue weighted by atomic mass is 10.2. The Morgan fingerprint density at radius 2 is 1.87 bits per heavy atom. The van der Waals surface area contributed by atoms with Gasteiger partial charge in [0, 0.05) is 11.3 Å². The number of ether oxygens (including phenoxy) is 1. The number of carbonyl (C=O) groups is 1. The summed E-state index contributed by atoms with van der Waals surface area (Å²) in [5, 5.41) is 11.7. The molecule has 3 rings (SSSR count). The third kappa shape index (κ3) is 7.07. The molecule has 0 aliphatic heterocycles. The second-order valence-corrected chi connectivity index (χ2v) is 9.58. The number of nitrogens with zero attached hydrogens (tertiary/aromatic N) is 2. The molecule has 0 aliphatic carbocycles. The molecule has 10 heteroatoms. The van der Waals surface area contributed by atoms with Gasteiger partial charge in [0.1, 0.15) is 5.82 Å². The molecule has 1 N–H and O–H groups in total. The molecule has 0 spiro atoms. The van der Waals surface area contributed by atoms with E-state index in [1.807, 2.05) is 0 Å². The summed E-state index contributed by atoms with van der Waals surface area (Å²) in [6.45, 7) is 2.63. The molecule has 0 unspecified atom stereocenters. The Kier molecular flexibility index (Phi) is 8.95. The summed E-state index contributed by atoms with van der Waals surface area (Å²) < 4.78 is 19.3. The van der Waals surface area contributed by atoms with Crippen LogP contribution >= 0.6 is 46.3 Å². The normalized spacial score (nSPS) is 10.8. The third-order valence-corrected chi connectivity index (χ3v) is 6.76. The third-order valence-electron chi connectivity index (χ3n) is 4.16. The second kappa shape index (κ2) is 11.7. The summed E-state index contributed by atoms with van der Waals surface area (Å²) in [4.78, 5) is 12.6. The fourth-order valence-corrected chi connectivity index (χ4v) is 4.87. The predicted molar refractivity (Wildman–Crippen MR) is 125 cm³/mol. The van der Waals surface area contributed by atoms with Crippen LogP contribution in [0.2, 0.25) is 10.0 Å². The number of halogens is 3. The van der Waals surface area contributed by atoms with Crippen molar-refractivity contribution in [3.05, 3.63) is 63.4 Å². The van der Waals surface area contributed by atoms with Crippen LogP contribution < -0.4 is 10.1 Å². The number of benzene rings is 2. The summed E-state index contributed by atoms with van der Waals surface area (Å²) in [5.41, 5.74) is 1.26. The Morgan fingerprint density at radius 3 is 2.55 bits per heavy atom. The van der Waals surface area contributed by atoms with Crippen LogP contribution in [0.15, 0.2) is 40.7 Å². The van der Waals surface area contributed by atoms with Crippen molar-refractivity contribution < 1.29 is 13.9 Å². The monoisotopic (exact) mass is 499 g/mol. The maximum atomic E-state index is 13.0. The highest BCUT2D eigenvalue weighted by Crippen LogP contribution is 2.35. The number of carbonyl (C=O) groups excluding carboxylic acids is 1. The number of rotatable bonds is 10. The molecule has 3 aromatic rings. The first kappa shape index (κ1) is 23.8. The second-order valence-electron chi connectivity index (χ2n) is 6.57. The summed E-state index contributed by atoms with van der Waals surface area (Å²) in [7, 11) is 0. The zero-order valence-electron chi connectivity index (χ0n) is 16.7. The van der Waals surface area contributed by atoms with Gasteiger partial charge in [0.2, 0.25) is 5.13 Å². The summed E-state index contributed by atoms with van der Waals surface area (Å²) in [5.74, 6) is 0.332. The van der Waals surface area contributed by atoms with E-state index in [0.717, 1.165) is 24.8 Å². The van der Waals surface area contributed by atoms with Gasteiger partial charge in [-0.2, -0.15) is 0 Å². The number of hydrogen-bond acceptors (Lipinski definition) is 6. The molecule has 2 aromatic carbocycles. The van der Waals surface area contributed by atoms with Crippen molar-refractivity contribution in [2.75, 3.05) is 11.9 Å². The van der Waals surface area contributed by atoms with Crippen molar-refractivity contribution >= 4 is 57.3 Å². The van der Waals surface area contributed by atoms with Crippen LogP contribution in [0.5, 0.6) is 5.75 Å². The number of anilines is 1.